The molecule has 0 aromatic carbocycles. The summed E-state index contributed by atoms with van der Waals surface area (Å²) in [5, 5.41) is 155. The van der Waals surface area contributed by atoms with Crippen molar-refractivity contribution in [3.63, 3.8) is 0 Å². The van der Waals surface area contributed by atoms with Crippen LogP contribution in [0.3, 0.4) is 0 Å². The van der Waals surface area contributed by atoms with E-state index in [4.69, 9.17) is 33.2 Å². The molecule has 8 rings (SSSR count). The molecule has 3 aliphatic heterocycles. The molecule has 8 aliphatic rings. The van der Waals surface area contributed by atoms with Crippen LogP contribution in [0.4, 0.5) is 0 Å². The second kappa shape index (κ2) is 21.5. The molecule has 3 saturated heterocycles. The Morgan fingerprint density at radius 3 is 1.79 bits per heavy atom. The first kappa shape index (κ1) is 59.8. The van der Waals surface area contributed by atoms with Gasteiger partial charge in [-0.05, 0) is 92.8 Å². The maximum Gasteiger partial charge on any atom is 0.335 e. The van der Waals surface area contributed by atoms with Crippen LogP contribution in [-0.4, -0.2) is 226 Å². The molecule has 4 saturated carbocycles. The van der Waals surface area contributed by atoms with E-state index in [0.29, 0.717) is 37.7 Å². The number of ether oxygens (including phenoxy) is 7. The lowest BCUT2D eigenvalue weighted by molar-refractivity contribution is -0.392. The summed E-state index contributed by atoms with van der Waals surface area (Å²) in [7, 11) is 0. The molecule has 76 heavy (non-hydrogen) atoms. The summed E-state index contributed by atoms with van der Waals surface area (Å²) in [5.74, 6) is -3.12. The average Bonchev–Trinajstić information content (AvgIpc) is 3.58. The maximum atomic E-state index is 13.2. The Labute approximate surface area is 442 Å². The lowest BCUT2D eigenvalue weighted by Crippen LogP contribution is -2.72. The number of carboxylic acid groups (broad SMARTS) is 1. The molecule has 5 aliphatic carbocycles. The van der Waals surface area contributed by atoms with Crippen LogP contribution in [0.25, 0.3) is 0 Å². The van der Waals surface area contributed by atoms with Gasteiger partial charge < -0.3 is 105 Å². The minimum Gasteiger partial charge on any atom is -0.479 e. The van der Waals surface area contributed by atoms with Gasteiger partial charge in [-0.15, -0.1) is 0 Å². The van der Waals surface area contributed by atoms with E-state index < -0.39 is 193 Å². The van der Waals surface area contributed by atoms with E-state index in [1.165, 1.54) is 0 Å². The summed E-state index contributed by atoms with van der Waals surface area (Å²) < 4.78 is 41.9. The van der Waals surface area contributed by atoms with Gasteiger partial charge in [0.15, 0.2) is 25.0 Å². The lowest BCUT2D eigenvalue weighted by atomic mass is 9.33. The van der Waals surface area contributed by atoms with Crippen molar-refractivity contribution in [1.29, 1.82) is 0 Å². The van der Waals surface area contributed by atoms with Crippen molar-refractivity contribution in [2.75, 3.05) is 26.4 Å². The van der Waals surface area contributed by atoms with Crippen molar-refractivity contribution < 1.29 is 114 Å². The topological polar surface area (TPSA) is 382 Å². The van der Waals surface area contributed by atoms with Crippen LogP contribution in [0.15, 0.2) is 23.3 Å². The first-order valence-electron chi connectivity index (χ1n) is 26.8. The molecule has 14 N–H and O–H groups in total. The molecule has 23 nitrogen and oxygen atoms in total. The van der Waals surface area contributed by atoms with Crippen molar-refractivity contribution in [3.8, 4) is 0 Å². The van der Waals surface area contributed by atoms with Gasteiger partial charge in [-0.1, -0.05) is 59.3 Å². The van der Waals surface area contributed by atoms with Crippen LogP contribution in [0.2, 0.25) is 0 Å². The summed E-state index contributed by atoms with van der Waals surface area (Å²) in [6, 6.07) is 0. The van der Waals surface area contributed by atoms with Crippen molar-refractivity contribution in [3.05, 3.63) is 23.3 Å². The molecule has 0 spiro atoms. The highest BCUT2D eigenvalue weighted by Crippen LogP contribution is 2.76. The molecular weight excluding hydrogens is 1000 g/mol. The number of hydrogen-bond donors (Lipinski definition) is 14. The van der Waals surface area contributed by atoms with E-state index in [1.54, 1.807) is 19.9 Å². The number of rotatable bonds is 13. The van der Waals surface area contributed by atoms with Crippen LogP contribution in [-0.2, 0) is 42.7 Å². The Hall–Kier alpha value is -2.34. The van der Waals surface area contributed by atoms with Gasteiger partial charge in [0.05, 0.1) is 44.1 Å². The number of aliphatic hydroxyl groups is 13. The molecule has 27 atom stereocenters. The predicted octanol–water partition coefficient (Wildman–Crippen LogP) is -1.89. The normalized spacial score (nSPS) is 52.3. The third-order valence-electron chi connectivity index (χ3n) is 20.8. The van der Waals surface area contributed by atoms with Crippen LogP contribution >= 0.6 is 0 Å². The molecule has 434 valence electrons. The summed E-state index contributed by atoms with van der Waals surface area (Å²) in [4.78, 5) is 26.2. The second-order valence-corrected chi connectivity index (χ2v) is 24.9. The van der Waals surface area contributed by atoms with Gasteiger partial charge in [0.25, 0.3) is 0 Å². The second-order valence-electron chi connectivity index (χ2n) is 24.9. The van der Waals surface area contributed by atoms with Crippen molar-refractivity contribution in [2.24, 2.45) is 50.2 Å². The quantitative estimate of drug-likeness (QED) is 0.0415. The summed E-state index contributed by atoms with van der Waals surface area (Å²) >= 11 is 0. The molecular formula is C53H84O23. The van der Waals surface area contributed by atoms with E-state index in [-0.39, 0.29) is 24.7 Å². The minimum absolute atomic E-state index is 0.0566. The smallest absolute Gasteiger partial charge is 0.335 e. The van der Waals surface area contributed by atoms with Crippen LogP contribution in [0, 0.1) is 50.2 Å². The third-order valence-corrected chi connectivity index (χ3v) is 20.8. The molecule has 0 aromatic heterocycles. The Morgan fingerprint density at radius 2 is 1.26 bits per heavy atom. The molecule has 23 heteroatoms. The predicted molar refractivity (Wildman–Crippen MR) is 259 cm³/mol. The standard InChI is InChI=1S/C53H84O23/c1-9-22(2)44(69)76-42-41(66)53(21-57)24(16-48(42,3)4)23-10-11-28-49(5)14-13-30(50(6,20-56)27(49)12-15-51(28,7)52(23,8)17-29(53)58)72-47-39(74-46-36(64)34(62)32(60)26(19-55)71-46)37(65)38(40(75-47)43(67)68)73-45-35(63)33(61)31(59)25(18-54)70-45/h9-10,24-42,45-47,54-66H,11-21H2,1-8H3,(H,67,68)/b22-9+/t24-,25+,26+,27?,28?,29+,30-,31+,32+,33-,34-,35+,36+,37-,38-,39+,40-,41-,42?,45-,46-,47+,49-,50+,51+,52+,53?/m0/s1. The highest BCUT2D eigenvalue weighted by Gasteiger charge is 2.73. The highest BCUT2D eigenvalue weighted by atomic mass is 16.8. The molecule has 3 heterocycles. The summed E-state index contributed by atoms with van der Waals surface area (Å²) in [6.07, 6.45) is -26.3. The molecule has 0 radical (unpaired) electrons. The molecule has 7 fully saturated rings. The fourth-order valence-electron chi connectivity index (χ4n) is 15.9. The van der Waals surface area contributed by atoms with Crippen molar-refractivity contribution >= 4 is 11.9 Å². The van der Waals surface area contributed by atoms with Gasteiger partial charge in [-0.25, -0.2) is 9.59 Å². The number of fused-ring (bicyclic) bond motifs is 7. The Kier molecular flexibility index (Phi) is 16.9. The fourth-order valence-corrected chi connectivity index (χ4v) is 15.9. The van der Waals surface area contributed by atoms with Gasteiger partial charge in [0.2, 0.25) is 0 Å². The summed E-state index contributed by atoms with van der Waals surface area (Å²) in [5.41, 5.74) is -3.57. The van der Waals surface area contributed by atoms with Crippen molar-refractivity contribution in [1.82, 2.24) is 0 Å². The van der Waals surface area contributed by atoms with Gasteiger partial charge in [-0.3, -0.25) is 0 Å². The average molecular weight is 1090 g/mol. The monoisotopic (exact) mass is 1090 g/mol. The first-order valence-corrected chi connectivity index (χ1v) is 26.8. The van der Waals surface area contributed by atoms with Crippen LogP contribution < -0.4 is 0 Å². The van der Waals surface area contributed by atoms with Gasteiger partial charge in [0.1, 0.15) is 79.4 Å². The number of carboxylic acids is 1. The van der Waals surface area contributed by atoms with Gasteiger partial charge in [-0.2, -0.15) is 0 Å². The SMILES string of the molecule is C/C=C(\C)C(=O)OC1[C@H](O)C2(CO)[C@H](O)C[C@]3(C)C(=CCC4[C@@]5(C)CC[C@H](O[C@@H]6O[C@H](C(=O)O)[C@@H](O[C@@H]7O[C@H](CO)[C@@H](O)[C@H](O)[C@H]7O)[C@H](O)[C@H]6O[C@@H]6O[C@H](CO)[C@@H](O)[C@H](O)[C@H]6O)[C@](C)(CO)C5CC[C@]43C)[C@@H]2CC1(C)C. The number of aliphatic hydroxyl groups excluding tert-OH is 13. The molecule has 0 amide bonds. The Bertz CT molecular complexity index is 2170. The zero-order valence-electron chi connectivity index (χ0n) is 44.6. The number of carbonyl (C=O) groups is 2. The third kappa shape index (κ3) is 9.16. The van der Waals surface area contributed by atoms with E-state index in [2.05, 4.69) is 26.8 Å². The molecule has 0 bridgehead atoms. The lowest BCUT2D eigenvalue weighted by Gasteiger charge is -2.72. The van der Waals surface area contributed by atoms with Gasteiger partial charge >= 0.3 is 11.9 Å². The maximum absolute atomic E-state index is 13.2. The van der Waals surface area contributed by atoms with E-state index in [1.807, 2.05) is 20.8 Å². The van der Waals surface area contributed by atoms with Crippen LogP contribution in [0.5, 0.6) is 0 Å². The van der Waals surface area contributed by atoms with Gasteiger partial charge in [0, 0.05) is 16.4 Å². The summed E-state index contributed by atoms with van der Waals surface area (Å²) in [6.45, 7) is 12.9. The van der Waals surface area contributed by atoms with E-state index in [9.17, 15) is 81.1 Å². The zero-order chi connectivity index (χ0) is 56.2. The zero-order valence-corrected chi connectivity index (χ0v) is 44.6. The van der Waals surface area contributed by atoms with E-state index in [0.717, 1.165) is 5.57 Å². The highest BCUT2D eigenvalue weighted by molar-refractivity contribution is 5.87. The molecule has 0 aromatic rings. The first-order chi connectivity index (χ1) is 35.5. The number of allylic oxidation sites excluding steroid dienone is 3. The minimum atomic E-state index is -2.16. The largest absolute Gasteiger partial charge is 0.479 e. The van der Waals surface area contributed by atoms with E-state index >= 15 is 0 Å². The van der Waals surface area contributed by atoms with Crippen molar-refractivity contribution in [2.45, 2.75) is 217 Å². The Balaban J connectivity index is 1.10. The Morgan fingerprint density at radius 1 is 0.684 bits per heavy atom. The number of aliphatic carboxylic acids is 1. The molecule has 4 unspecified atom stereocenters. The van der Waals surface area contributed by atoms with Crippen LogP contribution in [0.1, 0.15) is 100 Å². The number of carbonyl (C=O) groups excluding carboxylic acids is 1. The number of esters is 1. The number of hydrogen-bond acceptors (Lipinski definition) is 22. The fraction of sp³-hybridized carbons (Fsp3) is 0.887.